The summed E-state index contributed by atoms with van der Waals surface area (Å²) in [6.07, 6.45) is 2.07. The maximum atomic E-state index is 13.4. The monoisotopic (exact) mass is 514 g/mol. The van der Waals surface area contributed by atoms with E-state index in [9.17, 15) is 22.8 Å². The number of anilines is 2. The molecule has 0 radical (unpaired) electrons. The molecule has 1 aromatic carbocycles. The van der Waals surface area contributed by atoms with Gasteiger partial charge in [0.05, 0.1) is 17.5 Å². The predicted molar refractivity (Wildman–Crippen MR) is 130 cm³/mol. The van der Waals surface area contributed by atoms with Crippen molar-refractivity contribution in [3.8, 4) is 11.3 Å². The van der Waals surface area contributed by atoms with Crippen LogP contribution >= 0.6 is 0 Å². The number of aromatic nitrogens is 5. The topological polar surface area (TPSA) is 129 Å². The predicted octanol–water partition coefficient (Wildman–Crippen LogP) is 3.70. The second-order valence-corrected chi connectivity index (χ2v) is 8.20. The zero-order valence-corrected chi connectivity index (χ0v) is 20.1. The molecule has 0 aliphatic heterocycles. The van der Waals surface area contributed by atoms with Gasteiger partial charge in [-0.3, -0.25) is 19.1 Å². The number of hydrogen-bond donors (Lipinski definition) is 4. The summed E-state index contributed by atoms with van der Waals surface area (Å²) < 4.78 is 41.6. The first-order valence-electron chi connectivity index (χ1n) is 11.5. The number of aromatic amines is 1. The number of carbonyl (C=O) groups excluding carboxylic acids is 2. The lowest BCUT2D eigenvalue weighted by molar-refractivity contribution is -0.140. The number of rotatable bonds is 9. The van der Waals surface area contributed by atoms with Gasteiger partial charge in [0.15, 0.2) is 17.2 Å². The van der Waals surface area contributed by atoms with Crippen molar-refractivity contribution in [2.45, 2.75) is 32.9 Å². The molecular weight excluding hydrogens is 489 g/mol. The summed E-state index contributed by atoms with van der Waals surface area (Å²) in [5.41, 5.74) is 1.35. The molecule has 0 bridgehead atoms. The van der Waals surface area contributed by atoms with Crippen LogP contribution in [0, 0.1) is 0 Å². The number of amides is 2. The zero-order chi connectivity index (χ0) is 26.6. The molecule has 0 unspecified atom stereocenters. The molecular formula is C24H25F3N8O2. The smallest absolute Gasteiger partial charge is 0.356 e. The summed E-state index contributed by atoms with van der Waals surface area (Å²) in [5.74, 6) is -0.0000603. The minimum atomic E-state index is -4.62. The molecule has 0 saturated heterocycles. The largest absolute Gasteiger partial charge is 0.435 e. The molecule has 0 aliphatic rings. The van der Waals surface area contributed by atoms with E-state index in [1.54, 1.807) is 12.1 Å². The molecule has 3 aromatic heterocycles. The number of benzene rings is 1. The number of fused-ring (bicyclic) bond motifs is 1. The van der Waals surface area contributed by atoms with E-state index in [4.69, 9.17) is 0 Å². The summed E-state index contributed by atoms with van der Waals surface area (Å²) in [4.78, 5) is 32.2. The van der Waals surface area contributed by atoms with Gasteiger partial charge in [-0.1, -0.05) is 6.92 Å². The molecule has 0 fully saturated rings. The van der Waals surface area contributed by atoms with Crippen molar-refractivity contribution < 1.29 is 22.8 Å². The Morgan fingerprint density at radius 2 is 1.92 bits per heavy atom. The Morgan fingerprint density at radius 1 is 1.14 bits per heavy atom. The summed E-state index contributed by atoms with van der Waals surface area (Å²) in [7, 11) is 0. The molecule has 0 atom stereocenters. The highest BCUT2D eigenvalue weighted by molar-refractivity contribution is 5.96. The van der Waals surface area contributed by atoms with Crippen LogP contribution in [0.2, 0.25) is 0 Å². The van der Waals surface area contributed by atoms with E-state index in [0.717, 1.165) is 5.56 Å². The van der Waals surface area contributed by atoms with E-state index in [0.29, 0.717) is 48.6 Å². The van der Waals surface area contributed by atoms with Crippen LogP contribution in [0.25, 0.3) is 16.9 Å². The maximum absolute atomic E-state index is 13.4. The van der Waals surface area contributed by atoms with Crippen LogP contribution in [0.15, 0.2) is 43.0 Å². The van der Waals surface area contributed by atoms with Crippen molar-refractivity contribution >= 4 is 29.0 Å². The summed E-state index contributed by atoms with van der Waals surface area (Å²) in [5, 5.41) is 14.3. The van der Waals surface area contributed by atoms with Crippen LogP contribution in [0.5, 0.6) is 0 Å². The van der Waals surface area contributed by atoms with Gasteiger partial charge in [0.25, 0.3) is 5.91 Å². The van der Waals surface area contributed by atoms with Gasteiger partial charge >= 0.3 is 6.18 Å². The minimum absolute atomic E-state index is 0.119. The summed E-state index contributed by atoms with van der Waals surface area (Å²) in [6.45, 7) is 4.26. The van der Waals surface area contributed by atoms with Crippen molar-refractivity contribution in [3.63, 3.8) is 0 Å². The van der Waals surface area contributed by atoms with E-state index in [2.05, 4.69) is 36.1 Å². The molecule has 2 amide bonds. The number of imidazole rings is 1. The Hall–Kier alpha value is -4.42. The van der Waals surface area contributed by atoms with Crippen LogP contribution in [0.3, 0.4) is 0 Å². The average Bonchev–Trinajstić information content (AvgIpc) is 3.51. The Bertz CT molecular complexity index is 1430. The van der Waals surface area contributed by atoms with Crippen LogP contribution in [-0.4, -0.2) is 49.5 Å². The first kappa shape index (κ1) is 25.7. The highest BCUT2D eigenvalue weighted by atomic mass is 19.4. The van der Waals surface area contributed by atoms with Crippen molar-refractivity contribution in [3.05, 3.63) is 59.8 Å². The fourth-order valence-electron chi connectivity index (χ4n) is 3.88. The lowest BCUT2D eigenvalue weighted by Gasteiger charge is -2.13. The summed E-state index contributed by atoms with van der Waals surface area (Å²) >= 11 is 0. The van der Waals surface area contributed by atoms with E-state index >= 15 is 0 Å². The Balaban J connectivity index is 1.54. The quantitative estimate of drug-likeness (QED) is 0.252. The van der Waals surface area contributed by atoms with Crippen molar-refractivity contribution in [1.29, 1.82) is 0 Å². The van der Waals surface area contributed by atoms with E-state index in [1.165, 1.54) is 36.1 Å². The molecule has 0 spiro atoms. The number of H-pyrrole nitrogens is 1. The second-order valence-electron chi connectivity index (χ2n) is 8.20. The lowest BCUT2D eigenvalue weighted by Crippen LogP contribution is -2.29. The number of nitrogens with one attached hydrogen (secondary N) is 4. The third-order valence-electron chi connectivity index (χ3n) is 5.62. The molecule has 13 heteroatoms. The van der Waals surface area contributed by atoms with Gasteiger partial charge < -0.3 is 16.0 Å². The number of aryl methyl sites for hydroxylation is 1. The first-order valence-corrected chi connectivity index (χ1v) is 11.5. The van der Waals surface area contributed by atoms with Crippen molar-refractivity contribution in [2.75, 3.05) is 18.4 Å². The van der Waals surface area contributed by atoms with E-state index in [1.807, 2.05) is 13.0 Å². The average molecular weight is 515 g/mol. The molecule has 194 valence electrons. The van der Waals surface area contributed by atoms with E-state index < -0.39 is 11.9 Å². The number of halogens is 3. The molecule has 10 nitrogen and oxygen atoms in total. The Morgan fingerprint density at radius 3 is 2.65 bits per heavy atom. The maximum Gasteiger partial charge on any atom is 0.435 e. The molecule has 4 aromatic rings. The highest BCUT2D eigenvalue weighted by Gasteiger charge is 2.37. The fourth-order valence-corrected chi connectivity index (χ4v) is 3.88. The van der Waals surface area contributed by atoms with Gasteiger partial charge in [-0.15, -0.1) is 0 Å². The third kappa shape index (κ3) is 5.71. The third-order valence-corrected chi connectivity index (χ3v) is 5.62. The SMILES string of the molecule is CCc1cc(Nc2nccn3c(-c4c[nH]nc4C(F)(F)F)cnc23)ccc1C(=O)NCCCNC(C)=O. The van der Waals surface area contributed by atoms with Gasteiger partial charge in [-0.2, -0.15) is 18.3 Å². The Labute approximate surface area is 209 Å². The van der Waals surface area contributed by atoms with Crippen molar-refractivity contribution in [2.24, 2.45) is 0 Å². The molecule has 4 rings (SSSR count). The van der Waals surface area contributed by atoms with Crippen LogP contribution in [-0.2, 0) is 17.4 Å². The van der Waals surface area contributed by atoms with Crippen LogP contribution in [0.1, 0.15) is 41.9 Å². The van der Waals surface area contributed by atoms with Crippen LogP contribution in [0.4, 0.5) is 24.7 Å². The number of nitrogens with zero attached hydrogens (tertiary/aromatic N) is 4. The molecule has 37 heavy (non-hydrogen) atoms. The molecule has 0 aliphatic carbocycles. The van der Waals surface area contributed by atoms with Crippen LogP contribution < -0.4 is 16.0 Å². The minimum Gasteiger partial charge on any atom is -0.356 e. The zero-order valence-electron chi connectivity index (χ0n) is 20.1. The van der Waals surface area contributed by atoms with E-state index in [-0.39, 0.29) is 23.1 Å². The molecule has 4 N–H and O–H groups in total. The Kier molecular flexibility index (Phi) is 7.41. The lowest BCUT2D eigenvalue weighted by atomic mass is 10.0. The van der Waals surface area contributed by atoms with Crippen molar-refractivity contribution in [1.82, 2.24) is 35.2 Å². The molecule has 0 saturated carbocycles. The van der Waals surface area contributed by atoms with Gasteiger partial charge in [-0.25, -0.2) is 9.97 Å². The second kappa shape index (κ2) is 10.7. The summed E-state index contributed by atoms with van der Waals surface area (Å²) in [6, 6.07) is 5.24. The number of alkyl halides is 3. The first-order chi connectivity index (χ1) is 17.7. The van der Waals surface area contributed by atoms with Gasteiger partial charge in [0.2, 0.25) is 5.91 Å². The highest BCUT2D eigenvalue weighted by Crippen LogP contribution is 2.36. The fraction of sp³-hybridized carbons (Fsp3) is 0.292. The van der Waals surface area contributed by atoms with Gasteiger partial charge in [0.1, 0.15) is 0 Å². The standard InChI is InChI=1S/C24H25F3N8O2/c1-3-15-11-16(5-6-17(15)23(37)30-8-4-7-28-14(2)36)33-21-22-31-13-19(35(22)10-9-29-21)18-12-32-34-20(18)24(25,26)27/h5-6,9-13H,3-4,7-8H2,1-2H3,(H,28,36)(H,29,33)(H,30,37)(H,32,34). The van der Waals surface area contributed by atoms with Gasteiger partial charge in [-0.05, 0) is 36.6 Å². The van der Waals surface area contributed by atoms with Gasteiger partial charge in [0, 0.05) is 49.9 Å². The number of carbonyl (C=O) groups is 2. The number of hydrogen-bond acceptors (Lipinski definition) is 6. The normalized spacial score (nSPS) is 11.5. The molecule has 3 heterocycles.